The van der Waals surface area contributed by atoms with Crippen LogP contribution in [0.3, 0.4) is 0 Å². The fraction of sp³-hybridized carbons (Fsp3) is 0.412. The summed E-state index contributed by atoms with van der Waals surface area (Å²) in [7, 11) is 0. The Hall–Kier alpha value is -1.92. The van der Waals surface area contributed by atoms with Gasteiger partial charge in [-0.1, -0.05) is 6.07 Å². The molecule has 4 heterocycles. The molecule has 0 radical (unpaired) electrons. The minimum absolute atomic E-state index is 0.0925. The Bertz CT molecular complexity index is 688. The fourth-order valence-electron chi connectivity index (χ4n) is 3.38. The number of carbonyl (C=O) groups is 1. The molecule has 4 rings (SSSR count). The second-order valence-corrected chi connectivity index (χ2v) is 7.08. The zero-order valence-corrected chi connectivity index (χ0v) is 13.7. The molecule has 1 amide bonds. The third-order valence-electron chi connectivity index (χ3n) is 4.55. The highest BCUT2D eigenvalue weighted by Crippen LogP contribution is 2.33. The molecule has 120 valence electrons. The highest BCUT2D eigenvalue weighted by molar-refractivity contribution is 7.12. The summed E-state index contributed by atoms with van der Waals surface area (Å²) in [6, 6.07) is 7.76. The lowest BCUT2D eigenvalue weighted by molar-refractivity contribution is -0.879. The summed E-state index contributed by atoms with van der Waals surface area (Å²) in [5.74, 6) is 0.903. The Labute approximate surface area is 139 Å². The van der Waals surface area contributed by atoms with E-state index in [4.69, 9.17) is 4.42 Å². The van der Waals surface area contributed by atoms with Crippen LogP contribution in [0.2, 0.25) is 0 Å². The first kappa shape index (κ1) is 14.7. The Morgan fingerprint density at radius 3 is 2.91 bits per heavy atom. The van der Waals surface area contributed by atoms with E-state index in [0.29, 0.717) is 6.54 Å². The second-order valence-electron chi connectivity index (χ2n) is 6.13. The van der Waals surface area contributed by atoms with Crippen LogP contribution in [-0.4, -0.2) is 36.3 Å². The molecule has 23 heavy (non-hydrogen) atoms. The second kappa shape index (κ2) is 6.29. The number of nitrogens with one attached hydrogen (secondary N) is 1. The quantitative estimate of drug-likeness (QED) is 0.928. The van der Waals surface area contributed by atoms with Crippen molar-refractivity contribution >= 4 is 23.0 Å². The Balaban J connectivity index is 1.57. The van der Waals surface area contributed by atoms with Crippen molar-refractivity contribution in [2.75, 3.05) is 19.6 Å². The minimum atomic E-state index is -0.114. The molecule has 1 fully saturated rings. The van der Waals surface area contributed by atoms with E-state index in [-0.39, 0.29) is 11.9 Å². The lowest BCUT2D eigenvalue weighted by Crippen LogP contribution is -3.11. The van der Waals surface area contributed by atoms with Crippen LogP contribution < -0.4 is 4.90 Å². The number of hydrogen-bond donors (Lipinski definition) is 1. The molecule has 1 atom stereocenters. The van der Waals surface area contributed by atoms with Gasteiger partial charge in [-0.25, -0.2) is 5.01 Å². The van der Waals surface area contributed by atoms with Crippen molar-refractivity contribution in [3.8, 4) is 0 Å². The molecule has 1 saturated heterocycles. The maximum absolute atomic E-state index is 12.8. The predicted molar refractivity (Wildman–Crippen MR) is 88.6 cm³/mol. The van der Waals surface area contributed by atoms with Crippen LogP contribution >= 0.6 is 11.3 Å². The molecule has 1 N–H and O–H groups in total. The smallest absolute Gasteiger partial charge is 0.298 e. The Kier molecular flexibility index (Phi) is 4.01. The first-order valence-corrected chi connectivity index (χ1v) is 8.99. The van der Waals surface area contributed by atoms with Crippen LogP contribution in [0.5, 0.6) is 0 Å². The number of likely N-dealkylation sites (tertiary alicyclic amines) is 1. The number of nitrogens with zero attached hydrogens (tertiary/aromatic N) is 2. The summed E-state index contributed by atoms with van der Waals surface area (Å²) in [5.41, 5.74) is 0.978. The monoisotopic (exact) mass is 330 g/mol. The van der Waals surface area contributed by atoms with E-state index in [1.165, 1.54) is 17.7 Å². The molecule has 0 aliphatic carbocycles. The summed E-state index contributed by atoms with van der Waals surface area (Å²) in [5, 5.41) is 8.34. The maximum Gasteiger partial charge on any atom is 0.298 e. The Morgan fingerprint density at radius 2 is 2.22 bits per heavy atom. The van der Waals surface area contributed by atoms with Gasteiger partial charge in [0.15, 0.2) is 6.54 Å². The summed E-state index contributed by atoms with van der Waals surface area (Å²) in [4.78, 5) is 15.3. The fourth-order valence-corrected chi connectivity index (χ4v) is 4.10. The number of hydrazone groups is 1. The van der Waals surface area contributed by atoms with Gasteiger partial charge in [-0.15, -0.1) is 11.3 Å². The third-order valence-corrected chi connectivity index (χ3v) is 5.47. The van der Waals surface area contributed by atoms with Gasteiger partial charge in [-0.2, -0.15) is 5.10 Å². The molecule has 2 aromatic heterocycles. The van der Waals surface area contributed by atoms with Crippen LogP contribution in [0.25, 0.3) is 0 Å². The van der Waals surface area contributed by atoms with Crippen LogP contribution in [0.4, 0.5) is 0 Å². The zero-order valence-electron chi connectivity index (χ0n) is 12.9. The molecule has 2 aliphatic rings. The molecule has 5 nitrogen and oxygen atoms in total. The summed E-state index contributed by atoms with van der Waals surface area (Å²) >= 11 is 1.66. The van der Waals surface area contributed by atoms with Crippen molar-refractivity contribution in [1.82, 2.24) is 5.01 Å². The van der Waals surface area contributed by atoms with Crippen molar-refractivity contribution in [2.45, 2.75) is 25.3 Å². The summed E-state index contributed by atoms with van der Waals surface area (Å²) in [6.07, 6.45) is 4.81. The number of thiophene rings is 1. The number of furan rings is 1. The van der Waals surface area contributed by atoms with Gasteiger partial charge in [-0.3, -0.25) is 4.79 Å². The molecule has 2 aromatic rings. The topological polar surface area (TPSA) is 50.2 Å². The van der Waals surface area contributed by atoms with Crippen LogP contribution in [0, 0.1) is 0 Å². The SMILES string of the molecule is O=C(C[NH+]1CCCC1)N1N=C(c2cccs2)C[C@H]1c1ccco1. The average molecular weight is 330 g/mol. The van der Waals surface area contributed by atoms with Crippen LogP contribution in [0.1, 0.15) is 35.9 Å². The van der Waals surface area contributed by atoms with Gasteiger partial charge >= 0.3 is 0 Å². The molecule has 0 unspecified atom stereocenters. The van der Waals surface area contributed by atoms with Crippen molar-refractivity contribution in [2.24, 2.45) is 5.10 Å². The van der Waals surface area contributed by atoms with Crippen LogP contribution in [-0.2, 0) is 4.79 Å². The van der Waals surface area contributed by atoms with E-state index in [2.05, 4.69) is 11.2 Å². The van der Waals surface area contributed by atoms with Crippen molar-refractivity contribution < 1.29 is 14.1 Å². The van der Waals surface area contributed by atoms with Gasteiger partial charge in [0.05, 0.1) is 29.9 Å². The van der Waals surface area contributed by atoms with E-state index >= 15 is 0 Å². The Morgan fingerprint density at radius 1 is 1.35 bits per heavy atom. The van der Waals surface area contributed by atoms with Crippen molar-refractivity contribution in [3.05, 3.63) is 46.5 Å². The molecule has 0 saturated carbocycles. The van der Waals surface area contributed by atoms with E-state index in [1.54, 1.807) is 22.6 Å². The van der Waals surface area contributed by atoms with Gasteiger partial charge in [0.1, 0.15) is 11.8 Å². The molecular formula is C17H20N3O2S+. The van der Waals surface area contributed by atoms with E-state index in [0.717, 1.165) is 35.9 Å². The van der Waals surface area contributed by atoms with E-state index in [9.17, 15) is 4.79 Å². The number of rotatable bonds is 4. The number of hydrogen-bond acceptors (Lipinski definition) is 4. The normalized spacial score (nSPS) is 21.8. The van der Waals surface area contributed by atoms with E-state index < -0.39 is 0 Å². The van der Waals surface area contributed by atoms with Gasteiger partial charge in [0.2, 0.25) is 0 Å². The van der Waals surface area contributed by atoms with Gasteiger partial charge in [0, 0.05) is 19.3 Å². The van der Waals surface area contributed by atoms with Crippen molar-refractivity contribution in [1.29, 1.82) is 0 Å². The lowest BCUT2D eigenvalue weighted by atomic mass is 10.1. The lowest BCUT2D eigenvalue weighted by Gasteiger charge is -2.21. The minimum Gasteiger partial charge on any atom is -0.467 e. The molecule has 2 aliphatic heterocycles. The first-order valence-electron chi connectivity index (χ1n) is 8.11. The van der Waals surface area contributed by atoms with Crippen molar-refractivity contribution in [3.63, 3.8) is 0 Å². The number of carbonyl (C=O) groups excluding carboxylic acids is 1. The number of amides is 1. The van der Waals surface area contributed by atoms with Gasteiger partial charge in [-0.05, 0) is 23.6 Å². The molecule has 0 bridgehead atoms. The first-order chi connectivity index (χ1) is 11.3. The third kappa shape index (κ3) is 2.96. The molecule has 0 aromatic carbocycles. The maximum atomic E-state index is 12.8. The van der Waals surface area contributed by atoms with E-state index in [1.807, 2.05) is 23.6 Å². The van der Waals surface area contributed by atoms with Gasteiger partial charge < -0.3 is 9.32 Å². The molecular weight excluding hydrogens is 310 g/mol. The highest BCUT2D eigenvalue weighted by atomic mass is 32.1. The van der Waals surface area contributed by atoms with Gasteiger partial charge in [0.25, 0.3) is 5.91 Å². The zero-order chi connectivity index (χ0) is 15.6. The average Bonchev–Trinajstić information content (AvgIpc) is 3.30. The number of quaternary nitrogens is 1. The summed E-state index contributed by atoms with van der Waals surface area (Å²) < 4.78 is 5.56. The summed E-state index contributed by atoms with van der Waals surface area (Å²) in [6.45, 7) is 2.71. The molecule has 0 spiro atoms. The highest BCUT2D eigenvalue weighted by Gasteiger charge is 2.36. The predicted octanol–water partition coefficient (Wildman–Crippen LogP) is 1.70. The largest absolute Gasteiger partial charge is 0.467 e. The molecule has 6 heteroatoms. The van der Waals surface area contributed by atoms with Crippen LogP contribution in [0.15, 0.2) is 45.4 Å². The standard InChI is InChI=1S/C17H19N3O2S/c21-17(12-19-7-1-2-8-19)20-14(15-5-3-9-22-15)11-13(18-20)16-6-4-10-23-16/h3-6,9-10,14H,1-2,7-8,11-12H2/p+1/t14-/m0/s1.